The topological polar surface area (TPSA) is 93.9 Å². The normalized spacial score (nSPS) is 13.9. The number of nitrogens with one attached hydrogen (secondary N) is 2. The van der Waals surface area contributed by atoms with Crippen LogP contribution < -0.4 is 10.6 Å². The van der Waals surface area contributed by atoms with Gasteiger partial charge in [-0.05, 0) is 89.0 Å². The Kier molecular flexibility index (Phi) is 8.91. The maximum absolute atomic E-state index is 12.3. The van der Waals surface area contributed by atoms with Crippen molar-refractivity contribution in [3.8, 4) is 16.6 Å². The van der Waals surface area contributed by atoms with Gasteiger partial charge >= 0.3 is 0 Å². The molecule has 1 amide bonds. The molecular weight excluding hydrogens is 480 g/mol. The van der Waals surface area contributed by atoms with Gasteiger partial charge in [-0.25, -0.2) is 9.97 Å². The van der Waals surface area contributed by atoms with Gasteiger partial charge in [0.2, 0.25) is 11.9 Å². The predicted molar refractivity (Wildman–Crippen MR) is 152 cm³/mol. The van der Waals surface area contributed by atoms with Gasteiger partial charge < -0.3 is 15.5 Å². The molecule has 1 aromatic carbocycles. The standard InChI is InChI=1S/C29H36N6OS/c1-19-18-31-29(33-23-13-8-12-22(16-23)32-25(36)14-9-15-35(3)4)34-27(19)28-26(21-10-6-5-7-11-21)24(17-30)20(2)37-28/h8,12-13,16,18,21H,5-7,9-11,14-15H2,1-4H3,(H,32,36)(H,31,33,34). The van der Waals surface area contributed by atoms with E-state index in [1.54, 1.807) is 11.3 Å². The number of amides is 1. The SMILES string of the molecule is Cc1cnc(Nc2cccc(NC(=O)CCCN(C)C)c2)nc1-c1sc(C)c(C#N)c1C1CCCCC1. The van der Waals surface area contributed by atoms with E-state index in [1.165, 1.54) is 24.8 Å². The molecule has 194 valence electrons. The summed E-state index contributed by atoms with van der Waals surface area (Å²) < 4.78 is 0. The van der Waals surface area contributed by atoms with Crippen LogP contribution in [0.1, 0.15) is 72.4 Å². The number of anilines is 3. The van der Waals surface area contributed by atoms with E-state index in [0.29, 0.717) is 18.3 Å². The Bertz CT molecular complexity index is 1290. The van der Waals surface area contributed by atoms with E-state index < -0.39 is 0 Å². The van der Waals surface area contributed by atoms with Gasteiger partial charge in [0.15, 0.2) is 0 Å². The fraction of sp³-hybridized carbons (Fsp3) is 0.448. The first-order chi connectivity index (χ1) is 17.9. The number of nitrogens with zero attached hydrogens (tertiary/aromatic N) is 4. The summed E-state index contributed by atoms with van der Waals surface area (Å²) in [5.74, 6) is 0.908. The first kappa shape index (κ1) is 26.8. The van der Waals surface area contributed by atoms with Crippen molar-refractivity contribution >= 4 is 34.6 Å². The maximum atomic E-state index is 12.3. The van der Waals surface area contributed by atoms with E-state index in [0.717, 1.165) is 63.8 Å². The number of benzene rings is 1. The summed E-state index contributed by atoms with van der Waals surface area (Å²) >= 11 is 1.67. The zero-order valence-corrected chi connectivity index (χ0v) is 23.0. The number of rotatable bonds is 9. The highest BCUT2D eigenvalue weighted by Crippen LogP contribution is 2.45. The highest BCUT2D eigenvalue weighted by Gasteiger charge is 2.27. The molecular formula is C29H36N6OS. The zero-order chi connectivity index (χ0) is 26.4. The third kappa shape index (κ3) is 6.73. The molecule has 37 heavy (non-hydrogen) atoms. The van der Waals surface area contributed by atoms with Gasteiger partial charge in [-0.15, -0.1) is 11.3 Å². The summed E-state index contributed by atoms with van der Waals surface area (Å²) in [7, 11) is 4.01. The highest BCUT2D eigenvalue weighted by molar-refractivity contribution is 7.15. The van der Waals surface area contributed by atoms with Crippen molar-refractivity contribution < 1.29 is 4.79 Å². The number of carbonyl (C=O) groups is 1. The fourth-order valence-electron chi connectivity index (χ4n) is 4.97. The van der Waals surface area contributed by atoms with Crippen molar-refractivity contribution in [1.82, 2.24) is 14.9 Å². The van der Waals surface area contributed by atoms with Gasteiger partial charge in [-0.1, -0.05) is 25.3 Å². The van der Waals surface area contributed by atoms with Crippen LogP contribution in [0.4, 0.5) is 17.3 Å². The van der Waals surface area contributed by atoms with E-state index in [2.05, 4.69) is 26.6 Å². The number of hydrogen-bond donors (Lipinski definition) is 2. The van der Waals surface area contributed by atoms with Gasteiger partial charge in [0.25, 0.3) is 0 Å². The second-order valence-corrected chi connectivity index (χ2v) is 11.3. The number of nitriles is 1. The van der Waals surface area contributed by atoms with Crippen LogP contribution in [0.15, 0.2) is 30.5 Å². The molecule has 8 heteroatoms. The molecule has 3 aromatic rings. The van der Waals surface area contributed by atoms with Gasteiger partial charge in [-0.3, -0.25) is 4.79 Å². The second kappa shape index (κ2) is 12.3. The van der Waals surface area contributed by atoms with Crippen molar-refractivity contribution in [2.75, 3.05) is 31.3 Å². The molecule has 0 bridgehead atoms. The Morgan fingerprint density at radius 1 is 1.19 bits per heavy atom. The molecule has 1 saturated carbocycles. The van der Waals surface area contributed by atoms with E-state index in [4.69, 9.17) is 4.98 Å². The Balaban J connectivity index is 1.56. The molecule has 0 unspecified atom stereocenters. The molecule has 0 saturated heterocycles. The van der Waals surface area contributed by atoms with Crippen LogP contribution in [-0.2, 0) is 4.79 Å². The Labute approximate surface area is 224 Å². The minimum Gasteiger partial charge on any atom is -0.326 e. The Morgan fingerprint density at radius 2 is 1.95 bits per heavy atom. The monoisotopic (exact) mass is 516 g/mol. The van der Waals surface area contributed by atoms with Crippen LogP contribution >= 0.6 is 11.3 Å². The molecule has 1 aliphatic carbocycles. The highest BCUT2D eigenvalue weighted by atomic mass is 32.1. The molecule has 7 nitrogen and oxygen atoms in total. The van der Waals surface area contributed by atoms with Crippen LogP contribution in [0.25, 0.3) is 10.6 Å². The third-order valence-electron chi connectivity index (χ3n) is 6.84. The lowest BCUT2D eigenvalue weighted by molar-refractivity contribution is -0.116. The first-order valence-corrected chi connectivity index (χ1v) is 13.9. The molecule has 0 spiro atoms. The molecule has 0 atom stereocenters. The van der Waals surface area contributed by atoms with E-state index in [1.807, 2.05) is 58.4 Å². The first-order valence-electron chi connectivity index (χ1n) is 13.0. The molecule has 2 heterocycles. The van der Waals surface area contributed by atoms with Crippen molar-refractivity contribution in [2.24, 2.45) is 0 Å². The van der Waals surface area contributed by atoms with E-state index >= 15 is 0 Å². The lowest BCUT2D eigenvalue weighted by Gasteiger charge is -2.23. The lowest BCUT2D eigenvalue weighted by Crippen LogP contribution is -2.17. The summed E-state index contributed by atoms with van der Waals surface area (Å²) in [4.78, 5) is 26.0. The van der Waals surface area contributed by atoms with Crippen molar-refractivity contribution in [3.05, 3.63) is 52.0 Å². The van der Waals surface area contributed by atoms with Gasteiger partial charge in [0, 0.05) is 28.9 Å². The van der Waals surface area contributed by atoms with Crippen LogP contribution in [0.5, 0.6) is 0 Å². The zero-order valence-electron chi connectivity index (χ0n) is 22.2. The van der Waals surface area contributed by atoms with Crippen LogP contribution in [0.3, 0.4) is 0 Å². The summed E-state index contributed by atoms with van der Waals surface area (Å²) in [5.41, 5.74) is 5.42. The van der Waals surface area contributed by atoms with Crippen LogP contribution in [-0.4, -0.2) is 41.4 Å². The maximum Gasteiger partial charge on any atom is 0.227 e. The number of aromatic nitrogens is 2. The third-order valence-corrected chi connectivity index (χ3v) is 7.97. The average Bonchev–Trinajstić information content (AvgIpc) is 3.21. The second-order valence-electron chi connectivity index (χ2n) is 10.1. The molecule has 2 aromatic heterocycles. The Morgan fingerprint density at radius 3 is 2.68 bits per heavy atom. The summed E-state index contributed by atoms with van der Waals surface area (Å²) in [6.45, 7) is 4.94. The minimum atomic E-state index is 0.00414. The molecule has 0 aliphatic heterocycles. The molecule has 1 fully saturated rings. The van der Waals surface area contributed by atoms with E-state index in [9.17, 15) is 10.1 Å². The number of hydrogen-bond acceptors (Lipinski definition) is 7. The summed E-state index contributed by atoms with van der Waals surface area (Å²) in [6.07, 6.45) is 9.08. The van der Waals surface area contributed by atoms with Crippen LogP contribution in [0, 0.1) is 25.2 Å². The van der Waals surface area contributed by atoms with Crippen molar-refractivity contribution in [3.63, 3.8) is 0 Å². The molecule has 4 rings (SSSR count). The van der Waals surface area contributed by atoms with Gasteiger partial charge in [0.1, 0.15) is 6.07 Å². The van der Waals surface area contributed by atoms with Crippen LogP contribution in [0.2, 0.25) is 0 Å². The quantitative estimate of drug-likeness (QED) is 0.326. The number of aryl methyl sites for hydroxylation is 2. The molecule has 2 N–H and O–H groups in total. The lowest BCUT2D eigenvalue weighted by atomic mass is 9.82. The minimum absolute atomic E-state index is 0.00414. The van der Waals surface area contributed by atoms with Gasteiger partial charge in [-0.2, -0.15) is 5.26 Å². The average molecular weight is 517 g/mol. The largest absolute Gasteiger partial charge is 0.326 e. The van der Waals surface area contributed by atoms with E-state index in [-0.39, 0.29) is 5.91 Å². The predicted octanol–water partition coefficient (Wildman–Crippen LogP) is 6.77. The Hall–Kier alpha value is -3.28. The van der Waals surface area contributed by atoms with Gasteiger partial charge in [0.05, 0.1) is 16.1 Å². The smallest absolute Gasteiger partial charge is 0.227 e. The van der Waals surface area contributed by atoms with Crippen molar-refractivity contribution in [1.29, 1.82) is 5.26 Å². The fourth-order valence-corrected chi connectivity index (χ4v) is 6.22. The summed E-state index contributed by atoms with van der Waals surface area (Å²) in [6, 6.07) is 10.1. The number of carbonyl (C=O) groups excluding carboxylic acids is 1. The number of thiophene rings is 1. The van der Waals surface area contributed by atoms with Crippen molar-refractivity contribution in [2.45, 2.75) is 64.7 Å². The molecule has 1 aliphatic rings. The molecule has 0 radical (unpaired) electrons. The summed E-state index contributed by atoms with van der Waals surface area (Å²) in [5, 5.41) is 16.2.